The predicted molar refractivity (Wildman–Crippen MR) is 101 cm³/mol. The first-order valence-corrected chi connectivity index (χ1v) is 8.92. The van der Waals surface area contributed by atoms with Gasteiger partial charge in [0.1, 0.15) is 17.4 Å². The van der Waals surface area contributed by atoms with Crippen LogP contribution in [0.2, 0.25) is 0 Å². The first-order valence-electron chi connectivity index (χ1n) is 8.04. The van der Waals surface area contributed by atoms with Crippen LogP contribution in [0.4, 0.5) is 0 Å². The third-order valence-corrected chi connectivity index (χ3v) is 4.84. The van der Waals surface area contributed by atoms with E-state index in [0.29, 0.717) is 6.61 Å². The van der Waals surface area contributed by atoms with Crippen LogP contribution in [0.3, 0.4) is 0 Å². The topological polar surface area (TPSA) is 34.2 Å². The van der Waals surface area contributed by atoms with Crippen LogP contribution in [0.1, 0.15) is 21.7 Å². The van der Waals surface area contributed by atoms with Gasteiger partial charge in [-0.1, -0.05) is 30.3 Å². The summed E-state index contributed by atoms with van der Waals surface area (Å²) in [5, 5.41) is 6.33. The highest BCUT2D eigenvalue weighted by Crippen LogP contribution is 2.34. The Kier molecular flexibility index (Phi) is 5.28. The zero-order valence-corrected chi connectivity index (χ0v) is 15.1. The van der Waals surface area contributed by atoms with Crippen LogP contribution >= 0.6 is 11.3 Å². The molecule has 0 radical (unpaired) electrons. The minimum Gasteiger partial charge on any atom is -0.488 e. The van der Waals surface area contributed by atoms with Crippen molar-refractivity contribution in [1.29, 1.82) is 0 Å². The van der Waals surface area contributed by atoms with Crippen molar-refractivity contribution in [1.82, 2.24) is 10.3 Å². The number of nitrogens with one attached hydrogen (secondary N) is 1. The van der Waals surface area contributed by atoms with Crippen LogP contribution < -0.4 is 10.1 Å². The van der Waals surface area contributed by atoms with Gasteiger partial charge in [-0.2, -0.15) is 0 Å². The number of aryl methyl sites for hydroxylation is 2. The molecule has 3 rings (SSSR count). The van der Waals surface area contributed by atoms with Crippen molar-refractivity contribution >= 4 is 11.3 Å². The largest absolute Gasteiger partial charge is 0.488 e. The molecule has 4 heteroatoms. The number of nitrogens with zero attached hydrogens (tertiary/aromatic N) is 1. The monoisotopic (exact) mass is 338 g/mol. The normalized spacial score (nSPS) is 10.8. The summed E-state index contributed by atoms with van der Waals surface area (Å²) < 4.78 is 6.13. The number of aromatic nitrogens is 1. The summed E-state index contributed by atoms with van der Waals surface area (Å²) in [6, 6.07) is 14.5. The van der Waals surface area contributed by atoms with Gasteiger partial charge >= 0.3 is 0 Å². The van der Waals surface area contributed by atoms with E-state index in [1.165, 1.54) is 11.1 Å². The summed E-state index contributed by atoms with van der Waals surface area (Å²) in [6.07, 6.45) is 0. The lowest BCUT2D eigenvalue weighted by molar-refractivity contribution is 0.307. The highest BCUT2D eigenvalue weighted by Gasteiger charge is 2.13. The molecule has 0 saturated carbocycles. The number of rotatable bonds is 6. The highest BCUT2D eigenvalue weighted by molar-refractivity contribution is 7.09. The van der Waals surface area contributed by atoms with Gasteiger partial charge in [0, 0.05) is 17.5 Å². The molecule has 3 nitrogen and oxygen atoms in total. The maximum absolute atomic E-state index is 6.13. The number of hydrogen-bond donors (Lipinski definition) is 1. The Morgan fingerprint density at radius 3 is 2.58 bits per heavy atom. The van der Waals surface area contributed by atoms with E-state index < -0.39 is 0 Å². The second-order valence-electron chi connectivity index (χ2n) is 5.86. The van der Waals surface area contributed by atoms with Crippen LogP contribution in [0.5, 0.6) is 5.75 Å². The van der Waals surface area contributed by atoms with Crippen molar-refractivity contribution in [2.75, 3.05) is 7.05 Å². The summed E-state index contributed by atoms with van der Waals surface area (Å²) in [5.74, 6) is 0.892. The van der Waals surface area contributed by atoms with E-state index in [9.17, 15) is 0 Å². The smallest absolute Gasteiger partial charge is 0.129 e. The van der Waals surface area contributed by atoms with Crippen LogP contribution in [0, 0.1) is 13.8 Å². The Bertz CT molecular complexity index is 812. The minimum atomic E-state index is 0.559. The standard InChI is InChI=1S/C20H22N2OS/c1-14-9-17(18-13-24-20(22-18)11-21-3)19(10-15(14)2)23-12-16-7-5-4-6-8-16/h4-10,13,21H,11-12H2,1-3H3. The molecule has 2 aromatic carbocycles. The van der Waals surface area contributed by atoms with E-state index in [2.05, 4.69) is 48.8 Å². The molecule has 24 heavy (non-hydrogen) atoms. The van der Waals surface area contributed by atoms with Gasteiger partial charge in [0.25, 0.3) is 0 Å². The average molecular weight is 338 g/mol. The predicted octanol–water partition coefficient (Wildman–Crippen LogP) is 4.73. The van der Waals surface area contributed by atoms with E-state index >= 15 is 0 Å². The number of hydrogen-bond acceptors (Lipinski definition) is 4. The van der Waals surface area contributed by atoms with Gasteiger partial charge in [-0.25, -0.2) is 4.98 Å². The second-order valence-corrected chi connectivity index (χ2v) is 6.81. The van der Waals surface area contributed by atoms with E-state index in [1.807, 2.05) is 25.2 Å². The van der Waals surface area contributed by atoms with Crippen LogP contribution in [0.25, 0.3) is 11.3 Å². The molecular formula is C20H22N2OS. The van der Waals surface area contributed by atoms with E-state index in [1.54, 1.807) is 11.3 Å². The lowest BCUT2D eigenvalue weighted by Gasteiger charge is -2.13. The van der Waals surface area contributed by atoms with Crippen LogP contribution in [-0.2, 0) is 13.2 Å². The Balaban J connectivity index is 1.90. The Morgan fingerprint density at radius 1 is 1.08 bits per heavy atom. The van der Waals surface area contributed by atoms with Crippen molar-refractivity contribution in [3.63, 3.8) is 0 Å². The van der Waals surface area contributed by atoms with E-state index in [0.717, 1.165) is 34.1 Å². The molecule has 0 aliphatic carbocycles. The van der Waals surface area contributed by atoms with Gasteiger partial charge in [-0.15, -0.1) is 11.3 Å². The number of thiazole rings is 1. The summed E-state index contributed by atoms with van der Waals surface area (Å²) in [6.45, 7) is 5.59. The molecule has 0 spiro atoms. The minimum absolute atomic E-state index is 0.559. The van der Waals surface area contributed by atoms with Gasteiger partial charge in [-0.05, 0) is 49.7 Å². The lowest BCUT2D eigenvalue weighted by atomic mass is 10.0. The van der Waals surface area contributed by atoms with Crippen LogP contribution in [-0.4, -0.2) is 12.0 Å². The lowest BCUT2D eigenvalue weighted by Crippen LogP contribution is -2.04. The van der Waals surface area contributed by atoms with Gasteiger partial charge in [0.2, 0.25) is 0 Å². The molecule has 0 fully saturated rings. The third-order valence-electron chi connectivity index (χ3n) is 3.99. The molecule has 0 saturated heterocycles. The quantitative estimate of drug-likeness (QED) is 0.706. The molecule has 124 valence electrons. The molecule has 1 heterocycles. The maximum atomic E-state index is 6.13. The molecule has 3 aromatic rings. The fraction of sp³-hybridized carbons (Fsp3) is 0.250. The Morgan fingerprint density at radius 2 is 1.83 bits per heavy atom. The van der Waals surface area contributed by atoms with Crippen LogP contribution in [0.15, 0.2) is 47.8 Å². The molecule has 0 aliphatic heterocycles. The Labute approximate surface area is 147 Å². The fourth-order valence-corrected chi connectivity index (χ4v) is 3.32. The number of benzene rings is 2. The summed E-state index contributed by atoms with van der Waals surface area (Å²) in [5.41, 5.74) is 5.69. The van der Waals surface area contributed by atoms with Gasteiger partial charge in [-0.3, -0.25) is 0 Å². The summed E-state index contributed by atoms with van der Waals surface area (Å²) in [4.78, 5) is 4.73. The molecule has 0 amide bonds. The Hall–Kier alpha value is -2.17. The van der Waals surface area contributed by atoms with Crippen molar-refractivity contribution in [2.45, 2.75) is 27.0 Å². The SMILES string of the molecule is CNCc1nc(-c2cc(C)c(C)cc2OCc2ccccc2)cs1. The molecule has 0 aliphatic rings. The second kappa shape index (κ2) is 7.60. The molecule has 1 N–H and O–H groups in total. The zero-order valence-electron chi connectivity index (χ0n) is 14.3. The molecule has 0 unspecified atom stereocenters. The first kappa shape index (κ1) is 16.7. The van der Waals surface area contributed by atoms with Crippen molar-refractivity contribution < 1.29 is 4.74 Å². The highest BCUT2D eigenvalue weighted by atomic mass is 32.1. The molecule has 0 atom stereocenters. The summed E-state index contributed by atoms with van der Waals surface area (Å²) >= 11 is 1.67. The molecular weight excluding hydrogens is 316 g/mol. The molecule has 1 aromatic heterocycles. The third kappa shape index (κ3) is 3.83. The maximum Gasteiger partial charge on any atom is 0.129 e. The summed E-state index contributed by atoms with van der Waals surface area (Å²) in [7, 11) is 1.94. The average Bonchev–Trinajstić information content (AvgIpc) is 3.05. The van der Waals surface area contributed by atoms with Crippen molar-refractivity contribution in [3.05, 3.63) is 69.5 Å². The van der Waals surface area contributed by atoms with Gasteiger partial charge in [0.15, 0.2) is 0 Å². The van der Waals surface area contributed by atoms with Gasteiger partial charge < -0.3 is 10.1 Å². The van der Waals surface area contributed by atoms with Crippen molar-refractivity contribution in [3.8, 4) is 17.0 Å². The van der Waals surface area contributed by atoms with E-state index in [4.69, 9.17) is 9.72 Å². The first-order chi connectivity index (χ1) is 11.7. The molecule has 0 bridgehead atoms. The number of ether oxygens (including phenoxy) is 1. The van der Waals surface area contributed by atoms with Crippen molar-refractivity contribution in [2.24, 2.45) is 0 Å². The van der Waals surface area contributed by atoms with Gasteiger partial charge in [0.05, 0.1) is 5.69 Å². The van der Waals surface area contributed by atoms with E-state index in [-0.39, 0.29) is 0 Å². The fourth-order valence-electron chi connectivity index (χ4n) is 2.51. The zero-order chi connectivity index (χ0) is 16.9.